The summed E-state index contributed by atoms with van der Waals surface area (Å²) in [7, 11) is -3.99. The normalized spacial score (nSPS) is 19.9. The molecular weight excluding hydrogens is 496 g/mol. The predicted molar refractivity (Wildman–Crippen MR) is 129 cm³/mol. The third-order valence-corrected chi connectivity index (χ3v) is 9.48. The number of rotatable bonds is 6. The van der Waals surface area contributed by atoms with Gasteiger partial charge in [0.25, 0.3) is 0 Å². The van der Waals surface area contributed by atoms with Gasteiger partial charge in [-0.05, 0) is 56.0 Å². The number of hydrogen-bond acceptors (Lipinski definition) is 6. The number of para-hydroxylation sites is 1. The fourth-order valence-electron chi connectivity index (χ4n) is 4.58. The number of nitrogens with zero attached hydrogens (tertiary/aromatic N) is 3. The number of benzene rings is 2. The van der Waals surface area contributed by atoms with Gasteiger partial charge in [0.05, 0.1) is 27.8 Å². The van der Waals surface area contributed by atoms with Crippen LogP contribution >= 0.6 is 11.3 Å². The molecule has 3 aromatic rings. The molecule has 2 aromatic carbocycles. The Kier molecular flexibility index (Phi) is 6.84. The average molecular weight is 522 g/mol. The van der Waals surface area contributed by atoms with Gasteiger partial charge >= 0.3 is 0 Å². The first-order valence-electron chi connectivity index (χ1n) is 11.6. The highest BCUT2D eigenvalue weighted by molar-refractivity contribution is 7.89. The minimum absolute atomic E-state index is 0.0557. The number of fused-ring (bicyclic) bond motifs is 1. The molecule has 0 radical (unpaired) electrons. The fourth-order valence-corrected chi connectivity index (χ4v) is 7.04. The Morgan fingerprint density at radius 2 is 1.89 bits per heavy atom. The van der Waals surface area contributed by atoms with Crippen LogP contribution in [0.3, 0.4) is 0 Å². The molecule has 0 aliphatic carbocycles. The maximum atomic E-state index is 13.6. The van der Waals surface area contributed by atoms with Gasteiger partial charge in [0, 0.05) is 25.6 Å². The average Bonchev–Trinajstić information content (AvgIpc) is 3.53. The molecule has 0 saturated carbocycles. The lowest BCUT2D eigenvalue weighted by atomic mass is 9.96. The molecule has 2 fully saturated rings. The van der Waals surface area contributed by atoms with Crippen LogP contribution in [0.15, 0.2) is 47.4 Å². The van der Waals surface area contributed by atoms with Crippen LogP contribution in [0.4, 0.5) is 13.9 Å². The van der Waals surface area contributed by atoms with E-state index in [1.165, 1.54) is 15.6 Å². The predicted octanol–water partition coefficient (Wildman–Crippen LogP) is 4.19. The summed E-state index contributed by atoms with van der Waals surface area (Å²) in [5.41, 5.74) is 0.824. The molecule has 1 atom stereocenters. The van der Waals surface area contributed by atoms with E-state index in [0.717, 1.165) is 35.2 Å². The van der Waals surface area contributed by atoms with Crippen molar-refractivity contribution >= 4 is 42.6 Å². The number of thiazole rings is 1. The second-order valence-corrected chi connectivity index (χ2v) is 11.7. The smallest absolute Gasteiger partial charge is 0.243 e. The first-order valence-corrected chi connectivity index (χ1v) is 13.8. The second kappa shape index (κ2) is 9.88. The van der Waals surface area contributed by atoms with Gasteiger partial charge in [-0.15, -0.1) is 0 Å². The van der Waals surface area contributed by atoms with E-state index < -0.39 is 21.7 Å². The molecule has 1 amide bonds. The highest BCUT2D eigenvalue weighted by Crippen LogP contribution is 2.33. The Balaban J connectivity index is 1.32. The van der Waals surface area contributed by atoms with Gasteiger partial charge in [-0.1, -0.05) is 23.5 Å². The molecule has 186 valence electrons. The summed E-state index contributed by atoms with van der Waals surface area (Å²) in [6, 6.07) is 10.3. The van der Waals surface area contributed by atoms with Crippen LogP contribution < -0.4 is 4.90 Å². The molecule has 0 spiro atoms. The Morgan fingerprint density at radius 3 is 2.57 bits per heavy atom. The van der Waals surface area contributed by atoms with Crippen LogP contribution in [0, 0.1) is 17.6 Å². The highest BCUT2D eigenvalue weighted by atomic mass is 32.2. The van der Waals surface area contributed by atoms with Crippen molar-refractivity contribution in [2.75, 3.05) is 31.1 Å². The lowest BCUT2D eigenvalue weighted by Gasteiger charge is -2.33. The third-order valence-electron chi connectivity index (χ3n) is 6.52. The highest BCUT2D eigenvalue weighted by Gasteiger charge is 2.36. The maximum absolute atomic E-state index is 13.6. The van der Waals surface area contributed by atoms with Gasteiger partial charge in [0.1, 0.15) is 0 Å². The molecule has 2 saturated heterocycles. The first-order chi connectivity index (χ1) is 16.8. The molecule has 2 aliphatic rings. The molecule has 3 heterocycles. The topological polar surface area (TPSA) is 79.8 Å². The molecule has 35 heavy (non-hydrogen) atoms. The molecule has 0 bridgehead atoms. The van der Waals surface area contributed by atoms with Crippen LogP contribution in [-0.4, -0.2) is 56.0 Å². The van der Waals surface area contributed by atoms with Gasteiger partial charge in [0.15, 0.2) is 16.8 Å². The van der Waals surface area contributed by atoms with Gasteiger partial charge < -0.3 is 4.74 Å². The van der Waals surface area contributed by atoms with Crippen LogP contribution in [0.25, 0.3) is 10.2 Å². The summed E-state index contributed by atoms with van der Waals surface area (Å²) < 4.78 is 60.7. The zero-order chi connectivity index (χ0) is 24.6. The number of aromatic nitrogens is 1. The quantitative estimate of drug-likeness (QED) is 0.486. The van der Waals surface area contributed by atoms with Crippen molar-refractivity contribution in [2.24, 2.45) is 5.92 Å². The van der Waals surface area contributed by atoms with Crippen molar-refractivity contribution in [3.63, 3.8) is 0 Å². The summed E-state index contributed by atoms with van der Waals surface area (Å²) in [5.74, 6) is -2.78. The largest absolute Gasteiger partial charge is 0.376 e. The minimum atomic E-state index is -3.99. The van der Waals surface area contributed by atoms with Crippen molar-refractivity contribution in [2.45, 2.75) is 36.7 Å². The third kappa shape index (κ3) is 4.95. The summed E-state index contributed by atoms with van der Waals surface area (Å²) in [5, 5.41) is 0.614. The number of amides is 1. The summed E-state index contributed by atoms with van der Waals surface area (Å²) in [6.45, 7) is 1.31. The molecule has 1 aromatic heterocycles. The van der Waals surface area contributed by atoms with Crippen molar-refractivity contribution in [3.8, 4) is 0 Å². The standard InChI is InChI=1S/C24H25F2N3O4S2/c25-19-8-7-18(14-20(19)26)35(31,32)28-11-9-16(10-12-28)23(30)29(15-17-4-3-13-33-17)24-27-21-5-1-2-6-22(21)34-24/h1-2,5-8,14,16-17H,3-4,9-13,15H2. The minimum Gasteiger partial charge on any atom is -0.376 e. The molecule has 1 unspecified atom stereocenters. The molecule has 7 nitrogen and oxygen atoms in total. The lowest BCUT2D eigenvalue weighted by Crippen LogP contribution is -2.46. The van der Waals surface area contributed by atoms with Crippen LogP contribution in [0.5, 0.6) is 0 Å². The monoisotopic (exact) mass is 521 g/mol. The van der Waals surface area contributed by atoms with Crippen molar-refractivity contribution in [1.82, 2.24) is 9.29 Å². The number of sulfonamides is 1. The number of carbonyl (C=O) groups excluding carboxylic acids is 1. The van der Waals surface area contributed by atoms with E-state index in [9.17, 15) is 22.0 Å². The van der Waals surface area contributed by atoms with E-state index >= 15 is 0 Å². The summed E-state index contributed by atoms with van der Waals surface area (Å²) in [6.07, 6.45) is 2.43. The van der Waals surface area contributed by atoms with Crippen molar-refractivity contribution < 1.29 is 26.7 Å². The number of hydrogen-bond donors (Lipinski definition) is 0. The molecule has 11 heteroatoms. The number of anilines is 1. The van der Waals surface area contributed by atoms with Gasteiger partial charge in [-0.25, -0.2) is 22.2 Å². The second-order valence-electron chi connectivity index (χ2n) is 8.80. The van der Waals surface area contributed by atoms with E-state index in [-0.39, 0.29) is 35.9 Å². The Hall–Kier alpha value is -2.47. The molecule has 2 aliphatic heterocycles. The summed E-state index contributed by atoms with van der Waals surface area (Å²) >= 11 is 1.45. The fraction of sp³-hybridized carbons (Fsp3) is 0.417. The zero-order valence-corrected chi connectivity index (χ0v) is 20.5. The zero-order valence-electron chi connectivity index (χ0n) is 18.9. The van der Waals surface area contributed by atoms with Gasteiger partial charge in [0.2, 0.25) is 15.9 Å². The molecule has 5 rings (SSSR count). The number of halogens is 2. The molecular formula is C24H25F2N3O4S2. The van der Waals surface area contributed by atoms with E-state index in [1.54, 1.807) is 4.90 Å². The van der Waals surface area contributed by atoms with Gasteiger partial charge in [-0.2, -0.15) is 4.31 Å². The van der Waals surface area contributed by atoms with E-state index in [0.29, 0.717) is 37.2 Å². The van der Waals surface area contributed by atoms with E-state index in [4.69, 9.17) is 4.74 Å². The van der Waals surface area contributed by atoms with Crippen LogP contribution in [0.1, 0.15) is 25.7 Å². The van der Waals surface area contributed by atoms with E-state index in [2.05, 4.69) is 4.98 Å². The van der Waals surface area contributed by atoms with Gasteiger partial charge in [-0.3, -0.25) is 9.69 Å². The lowest BCUT2D eigenvalue weighted by molar-refractivity contribution is -0.123. The Bertz CT molecular complexity index is 1300. The Labute approximate surface area is 206 Å². The number of piperidine rings is 1. The van der Waals surface area contributed by atoms with Crippen molar-refractivity contribution in [1.29, 1.82) is 0 Å². The van der Waals surface area contributed by atoms with Crippen LogP contribution in [-0.2, 0) is 19.6 Å². The first kappa shape index (κ1) is 24.2. The van der Waals surface area contributed by atoms with E-state index in [1.807, 2.05) is 24.3 Å². The SMILES string of the molecule is O=C(C1CCN(S(=O)(=O)c2ccc(F)c(F)c2)CC1)N(CC1CCCO1)c1nc2ccccc2s1. The Morgan fingerprint density at radius 1 is 1.11 bits per heavy atom. The van der Waals surface area contributed by atoms with Crippen LogP contribution in [0.2, 0.25) is 0 Å². The number of ether oxygens (including phenoxy) is 1. The van der Waals surface area contributed by atoms with Crippen molar-refractivity contribution in [3.05, 3.63) is 54.1 Å². The number of carbonyl (C=O) groups is 1. The molecule has 0 N–H and O–H groups in total. The summed E-state index contributed by atoms with van der Waals surface area (Å²) in [4.78, 5) is 19.7. The maximum Gasteiger partial charge on any atom is 0.243 e.